The molecule has 0 aromatic rings. The van der Waals surface area contributed by atoms with Crippen molar-refractivity contribution in [2.24, 2.45) is 17.6 Å². The lowest BCUT2D eigenvalue weighted by Gasteiger charge is -2.37. The molecule has 0 amide bonds. The lowest BCUT2D eigenvalue weighted by Crippen LogP contribution is -2.49. The van der Waals surface area contributed by atoms with E-state index in [2.05, 4.69) is 6.92 Å². The van der Waals surface area contributed by atoms with Gasteiger partial charge in [0.15, 0.2) is 0 Å². The second-order valence-corrected chi connectivity index (χ2v) is 5.00. The molecule has 3 unspecified atom stereocenters. The fraction of sp³-hybridized carbons (Fsp3) is 1.00. The van der Waals surface area contributed by atoms with Gasteiger partial charge in [-0.15, -0.1) is 0 Å². The Bertz CT molecular complexity index is 175. The summed E-state index contributed by atoms with van der Waals surface area (Å²) in [5.74, 6) is 1.60. The van der Waals surface area contributed by atoms with Gasteiger partial charge in [-0.3, -0.25) is 0 Å². The Kier molecular flexibility index (Phi) is 2.61. The molecule has 3 atom stereocenters. The minimum Gasteiger partial charge on any atom is -0.379 e. The molecule has 0 aromatic heterocycles. The lowest BCUT2D eigenvalue weighted by atomic mass is 9.71. The van der Waals surface area contributed by atoms with Crippen LogP contribution in [-0.4, -0.2) is 18.8 Å². The Morgan fingerprint density at radius 2 is 2.23 bits per heavy atom. The van der Waals surface area contributed by atoms with Crippen molar-refractivity contribution in [2.45, 2.75) is 44.6 Å². The van der Waals surface area contributed by atoms with Gasteiger partial charge in [-0.05, 0) is 31.1 Å². The maximum absolute atomic E-state index is 6.37. The second-order valence-electron chi connectivity index (χ2n) is 5.00. The maximum Gasteiger partial charge on any atom is 0.0649 e. The first-order valence-corrected chi connectivity index (χ1v) is 5.57. The smallest absolute Gasteiger partial charge is 0.0649 e. The van der Waals surface area contributed by atoms with Gasteiger partial charge in [-0.25, -0.2) is 0 Å². The lowest BCUT2D eigenvalue weighted by molar-refractivity contribution is 0.128. The summed E-state index contributed by atoms with van der Waals surface area (Å²) in [5.41, 5.74) is 6.39. The van der Waals surface area contributed by atoms with E-state index < -0.39 is 0 Å². The number of nitrogens with two attached hydrogens (primary N) is 1. The van der Waals surface area contributed by atoms with Crippen LogP contribution in [0.5, 0.6) is 0 Å². The van der Waals surface area contributed by atoms with Gasteiger partial charge in [0.05, 0.1) is 6.61 Å². The zero-order chi connectivity index (χ0) is 9.31. The predicted molar refractivity (Wildman–Crippen MR) is 53.5 cm³/mol. The third kappa shape index (κ3) is 1.89. The Morgan fingerprint density at radius 3 is 2.85 bits per heavy atom. The molecule has 2 aliphatic rings. The van der Waals surface area contributed by atoms with Crippen LogP contribution < -0.4 is 5.73 Å². The molecule has 1 heterocycles. The molecular weight excluding hydrogens is 162 g/mol. The van der Waals surface area contributed by atoms with Crippen molar-refractivity contribution in [2.75, 3.05) is 13.2 Å². The third-order valence-corrected chi connectivity index (χ3v) is 3.83. The molecule has 0 aromatic carbocycles. The molecule has 0 spiro atoms. The minimum absolute atomic E-state index is 0.0225. The molecule has 2 fully saturated rings. The van der Waals surface area contributed by atoms with Crippen LogP contribution in [0.1, 0.15) is 39.0 Å². The normalized spacial score (nSPS) is 46.6. The summed E-state index contributed by atoms with van der Waals surface area (Å²) in [6.07, 6.45) is 6.48. The van der Waals surface area contributed by atoms with Gasteiger partial charge in [-0.2, -0.15) is 0 Å². The van der Waals surface area contributed by atoms with Gasteiger partial charge < -0.3 is 10.5 Å². The van der Waals surface area contributed by atoms with Gasteiger partial charge >= 0.3 is 0 Å². The first kappa shape index (κ1) is 9.47. The summed E-state index contributed by atoms with van der Waals surface area (Å²) < 4.78 is 5.42. The van der Waals surface area contributed by atoms with E-state index in [1.807, 2.05) is 0 Å². The van der Waals surface area contributed by atoms with Gasteiger partial charge in [0.1, 0.15) is 0 Å². The number of ether oxygens (including phenoxy) is 1. The molecule has 2 N–H and O–H groups in total. The Hall–Kier alpha value is -0.0800. The summed E-state index contributed by atoms with van der Waals surface area (Å²) >= 11 is 0. The van der Waals surface area contributed by atoms with Crippen LogP contribution in [0, 0.1) is 11.8 Å². The highest BCUT2D eigenvalue weighted by molar-refractivity contribution is 4.96. The molecule has 1 aliphatic heterocycles. The zero-order valence-electron chi connectivity index (χ0n) is 8.59. The molecule has 76 valence electrons. The molecule has 2 heteroatoms. The SMILES string of the molecule is CC1CCCC(C2(N)CCOC2)C1. The van der Waals surface area contributed by atoms with Crippen LogP contribution >= 0.6 is 0 Å². The van der Waals surface area contributed by atoms with Crippen molar-refractivity contribution in [3.63, 3.8) is 0 Å². The molecule has 1 aliphatic carbocycles. The van der Waals surface area contributed by atoms with Crippen LogP contribution in [-0.2, 0) is 4.74 Å². The van der Waals surface area contributed by atoms with Gasteiger partial charge in [-0.1, -0.05) is 19.8 Å². The van der Waals surface area contributed by atoms with Crippen LogP contribution in [0.25, 0.3) is 0 Å². The van der Waals surface area contributed by atoms with E-state index in [4.69, 9.17) is 10.5 Å². The van der Waals surface area contributed by atoms with Gasteiger partial charge in [0, 0.05) is 12.1 Å². The van der Waals surface area contributed by atoms with E-state index >= 15 is 0 Å². The monoisotopic (exact) mass is 183 g/mol. The Balaban J connectivity index is 1.98. The molecule has 0 radical (unpaired) electrons. The predicted octanol–water partition coefficient (Wildman–Crippen LogP) is 1.93. The maximum atomic E-state index is 6.37. The topological polar surface area (TPSA) is 35.2 Å². The Morgan fingerprint density at radius 1 is 1.38 bits per heavy atom. The molecule has 1 saturated carbocycles. The minimum atomic E-state index is 0.0225. The number of rotatable bonds is 1. The van der Waals surface area contributed by atoms with Gasteiger partial charge in [0.25, 0.3) is 0 Å². The van der Waals surface area contributed by atoms with Crippen molar-refractivity contribution in [1.82, 2.24) is 0 Å². The molecule has 0 bridgehead atoms. The molecule has 1 saturated heterocycles. The molecular formula is C11H21NO. The van der Waals surface area contributed by atoms with Crippen molar-refractivity contribution in [3.05, 3.63) is 0 Å². The Labute approximate surface area is 80.8 Å². The van der Waals surface area contributed by atoms with Crippen molar-refractivity contribution in [3.8, 4) is 0 Å². The van der Waals surface area contributed by atoms with Crippen molar-refractivity contribution >= 4 is 0 Å². The summed E-state index contributed by atoms with van der Waals surface area (Å²) in [4.78, 5) is 0. The van der Waals surface area contributed by atoms with E-state index in [-0.39, 0.29) is 5.54 Å². The number of hydrogen-bond donors (Lipinski definition) is 1. The highest BCUT2D eigenvalue weighted by atomic mass is 16.5. The van der Waals surface area contributed by atoms with E-state index in [0.29, 0.717) is 0 Å². The van der Waals surface area contributed by atoms with E-state index in [9.17, 15) is 0 Å². The molecule has 13 heavy (non-hydrogen) atoms. The highest BCUT2D eigenvalue weighted by Crippen LogP contribution is 2.38. The van der Waals surface area contributed by atoms with Crippen molar-refractivity contribution < 1.29 is 4.74 Å². The third-order valence-electron chi connectivity index (χ3n) is 3.83. The number of hydrogen-bond acceptors (Lipinski definition) is 2. The largest absolute Gasteiger partial charge is 0.379 e. The van der Waals surface area contributed by atoms with Crippen LogP contribution in [0.2, 0.25) is 0 Å². The van der Waals surface area contributed by atoms with Crippen molar-refractivity contribution in [1.29, 1.82) is 0 Å². The summed E-state index contributed by atoms with van der Waals surface area (Å²) in [7, 11) is 0. The fourth-order valence-electron chi connectivity index (χ4n) is 2.87. The van der Waals surface area contributed by atoms with E-state index in [1.165, 1.54) is 25.7 Å². The average molecular weight is 183 g/mol. The zero-order valence-corrected chi connectivity index (χ0v) is 8.59. The summed E-state index contributed by atoms with van der Waals surface area (Å²) in [6, 6.07) is 0. The van der Waals surface area contributed by atoms with E-state index in [1.54, 1.807) is 0 Å². The van der Waals surface area contributed by atoms with Crippen LogP contribution in [0.15, 0.2) is 0 Å². The van der Waals surface area contributed by atoms with Crippen LogP contribution in [0.4, 0.5) is 0 Å². The fourth-order valence-corrected chi connectivity index (χ4v) is 2.87. The quantitative estimate of drug-likeness (QED) is 0.674. The van der Waals surface area contributed by atoms with E-state index in [0.717, 1.165) is 31.5 Å². The first-order chi connectivity index (χ1) is 6.21. The first-order valence-electron chi connectivity index (χ1n) is 5.57. The molecule has 2 nitrogen and oxygen atoms in total. The average Bonchev–Trinajstić information content (AvgIpc) is 2.54. The highest BCUT2D eigenvalue weighted by Gasteiger charge is 2.40. The van der Waals surface area contributed by atoms with Gasteiger partial charge in [0.2, 0.25) is 0 Å². The second kappa shape index (κ2) is 3.58. The standard InChI is InChI=1S/C11H21NO/c1-9-3-2-4-10(7-9)11(12)5-6-13-8-11/h9-10H,2-8,12H2,1H3. The summed E-state index contributed by atoms with van der Waals surface area (Å²) in [6.45, 7) is 4.02. The summed E-state index contributed by atoms with van der Waals surface area (Å²) in [5, 5.41) is 0. The molecule has 2 rings (SSSR count). The van der Waals surface area contributed by atoms with Crippen LogP contribution in [0.3, 0.4) is 0 Å².